The van der Waals surface area contributed by atoms with Gasteiger partial charge in [-0.3, -0.25) is 4.79 Å². The Morgan fingerprint density at radius 2 is 1.72 bits per heavy atom. The van der Waals surface area contributed by atoms with Gasteiger partial charge in [0.15, 0.2) is 5.78 Å². The topological polar surface area (TPSA) is 54.0 Å². The van der Waals surface area contributed by atoms with Gasteiger partial charge >= 0.3 is 5.97 Å². The predicted molar refractivity (Wildman–Crippen MR) is 92.5 cm³/mol. The average Bonchev–Trinajstić information content (AvgIpc) is 3.16. The third kappa shape index (κ3) is 4.25. The molecular weight excluding hydrogens is 320 g/mol. The molecule has 0 amide bonds. The maximum atomic E-state index is 12.0. The summed E-state index contributed by atoms with van der Waals surface area (Å²) in [6, 6.07) is 16.7. The van der Waals surface area contributed by atoms with E-state index in [-0.39, 0.29) is 5.78 Å². The highest BCUT2D eigenvalue weighted by Crippen LogP contribution is 2.32. The van der Waals surface area contributed by atoms with E-state index in [1.165, 1.54) is 0 Å². The first-order valence-electron chi connectivity index (χ1n) is 8.38. The molecule has 0 N–H and O–H groups in total. The van der Waals surface area contributed by atoms with Gasteiger partial charge in [0, 0.05) is 24.7 Å². The molecular formula is C20H22O5. The van der Waals surface area contributed by atoms with Gasteiger partial charge in [0.05, 0.1) is 19.8 Å². The van der Waals surface area contributed by atoms with Crippen LogP contribution in [0.2, 0.25) is 0 Å². The van der Waals surface area contributed by atoms with E-state index in [1.807, 2.05) is 54.6 Å². The Kier molecular flexibility index (Phi) is 5.81. The number of ether oxygens (including phenoxy) is 4. The summed E-state index contributed by atoms with van der Waals surface area (Å²) < 4.78 is 22.2. The molecule has 25 heavy (non-hydrogen) atoms. The van der Waals surface area contributed by atoms with Gasteiger partial charge in [-0.25, -0.2) is 0 Å². The number of benzene rings is 2. The van der Waals surface area contributed by atoms with E-state index >= 15 is 0 Å². The number of methoxy groups -OCH3 is 1. The highest BCUT2D eigenvalue weighted by Gasteiger charge is 2.39. The second-order valence-electron chi connectivity index (χ2n) is 5.72. The highest BCUT2D eigenvalue weighted by atomic mass is 16.9. The summed E-state index contributed by atoms with van der Waals surface area (Å²) in [6.07, 6.45) is 1.14. The van der Waals surface area contributed by atoms with Gasteiger partial charge in [0.25, 0.3) is 0 Å². The van der Waals surface area contributed by atoms with E-state index < -0.39 is 5.97 Å². The van der Waals surface area contributed by atoms with Crippen molar-refractivity contribution in [3.8, 4) is 5.75 Å². The number of carbonyl (C=O) groups is 1. The van der Waals surface area contributed by atoms with Crippen LogP contribution in [0.4, 0.5) is 0 Å². The Morgan fingerprint density at radius 1 is 1.04 bits per heavy atom. The maximum Gasteiger partial charge on any atom is 0.311 e. The second kappa shape index (κ2) is 8.25. The summed E-state index contributed by atoms with van der Waals surface area (Å²) in [4.78, 5) is 12.0. The van der Waals surface area contributed by atoms with E-state index in [4.69, 9.17) is 18.9 Å². The third-order valence-electron chi connectivity index (χ3n) is 4.06. The molecule has 1 aliphatic heterocycles. The summed E-state index contributed by atoms with van der Waals surface area (Å²) in [5, 5.41) is 0. The predicted octanol–water partition coefficient (Wildman–Crippen LogP) is 3.53. The van der Waals surface area contributed by atoms with Crippen LogP contribution in [-0.2, 0) is 20.2 Å². The van der Waals surface area contributed by atoms with Crippen LogP contribution < -0.4 is 4.74 Å². The molecule has 1 fully saturated rings. The van der Waals surface area contributed by atoms with Crippen molar-refractivity contribution in [2.24, 2.45) is 0 Å². The first-order valence-corrected chi connectivity index (χ1v) is 8.38. The summed E-state index contributed by atoms with van der Waals surface area (Å²) in [6.45, 7) is 1.49. The van der Waals surface area contributed by atoms with E-state index in [2.05, 4.69) is 0 Å². The number of ketones is 1. The lowest BCUT2D eigenvalue weighted by Gasteiger charge is -2.25. The van der Waals surface area contributed by atoms with Crippen molar-refractivity contribution in [1.29, 1.82) is 0 Å². The van der Waals surface area contributed by atoms with Gasteiger partial charge in [-0.2, -0.15) is 0 Å². The largest absolute Gasteiger partial charge is 0.494 e. The summed E-state index contributed by atoms with van der Waals surface area (Å²) in [5.41, 5.74) is 1.53. The monoisotopic (exact) mass is 342 g/mol. The van der Waals surface area contributed by atoms with Crippen LogP contribution in [0.5, 0.6) is 5.75 Å². The number of hydrogen-bond donors (Lipinski definition) is 0. The standard InChI is InChI=1S/C20H22O5/c1-22-20(24-14-15-25-20)17-9-11-18(12-10-17)23-13-5-8-19(21)16-6-3-2-4-7-16/h2-4,6-7,9-12H,5,8,13-15H2,1H3. The minimum absolute atomic E-state index is 0.136. The fourth-order valence-electron chi connectivity index (χ4n) is 2.74. The van der Waals surface area contributed by atoms with Crippen molar-refractivity contribution in [3.05, 3.63) is 65.7 Å². The zero-order valence-electron chi connectivity index (χ0n) is 14.3. The third-order valence-corrected chi connectivity index (χ3v) is 4.06. The van der Waals surface area contributed by atoms with Crippen LogP contribution >= 0.6 is 0 Å². The number of carbonyl (C=O) groups excluding carboxylic acids is 1. The first kappa shape index (κ1) is 17.6. The van der Waals surface area contributed by atoms with Crippen molar-refractivity contribution in [3.63, 3.8) is 0 Å². The molecule has 0 aliphatic carbocycles. The number of rotatable bonds is 8. The molecule has 0 spiro atoms. The van der Waals surface area contributed by atoms with Gasteiger partial charge < -0.3 is 18.9 Å². The average molecular weight is 342 g/mol. The first-order chi connectivity index (χ1) is 12.2. The normalized spacial score (nSPS) is 15.9. The minimum atomic E-state index is -1.11. The molecule has 132 valence electrons. The van der Waals surface area contributed by atoms with Gasteiger partial charge in [-0.15, -0.1) is 0 Å². The molecule has 0 aromatic heterocycles. The zero-order chi connectivity index (χ0) is 17.5. The van der Waals surface area contributed by atoms with Crippen LogP contribution in [0, 0.1) is 0 Å². The fourth-order valence-corrected chi connectivity index (χ4v) is 2.74. The molecule has 2 aromatic rings. The lowest BCUT2D eigenvalue weighted by Crippen LogP contribution is -2.29. The lowest BCUT2D eigenvalue weighted by molar-refractivity contribution is -0.331. The van der Waals surface area contributed by atoms with Crippen molar-refractivity contribution >= 4 is 5.78 Å². The zero-order valence-corrected chi connectivity index (χ0v) is 14.3. The lowest BCUT2D eigenvalue weighted by atomic mass is 10.1. The number of Topliss-reactive ketones (excluding diaryl/α,β-unsaturated/α-hetero) is 1. The van der Waals surface area contributed by atoms with Crippen LogP contribution in [-0.4, -0.2) is 32.7 Å². The second-order valence-corrected chi connectivity index (χ2v) is 5.72. The summed E-state index contributed by atoms with van der Waals surface area (Å²) in [5.74, 6) is -0.238. The Morgan fingerprint density at radius 3 is 2.36 bits per heavy atom. The Labute approximate surface area is 147 Å². The molecule has 1 heterocycles. The molecule has 1 saturated heterocycles. The van der Waals surface area contributed by atoms with Crippen molar-refractivity contribution in [1.82, 2.24) is 0 Å². The SMILES string of the molecule is COC1(c2ccc(OCCCC(=O)c3ccccc3)cc2)OCCO1. The van der Waals surface area contributed by atoms with E-state index in [0.717, 1.165) is 16.9 Å². The van der Waals surface area contributed by atoms with Crippen LogP contribution in [0.15, 0.2) is 54.6 Å². The van der Waals surface area contributed by atoms with E-state index in [0.29, 0.717) is 32.7 Å². The minimum Gasteiger partial charge on any atom is -0.494 e. The molecule has 0 atom stereocenters. The van der Waals surface area contributed by atoms with Crippen molar-refractivity contribution < 1.29 is 23.7 Å². The quantitative estimate of drug-likeness (QED) is 0.543. The van der Waals surface area contributed by atoms with Crippen molar-refractivity contribution in [2.75, 3.05) is 26.9 Å². The van der Waals surface area contributed by atoms with Crippen LogP contribution in [0.1, 0.15) is 28.8 Å². The molecule has 1 aliphatic rings. The molecule has 5 heteroatoms. The smallest absolute Gasteiger partial charge is 0.311 e. The van der Waals surface area contributed by atoms with Gasteiger partial charge in [-0.05, 0) is 30.7 Å². The van der Waals surface area contributed by atoms with E-state index in [9.17, 15) is 4.79 Å². The van der Waals surface area contributed by atoms with Gasteiger partial charge in [-0.1, -0.05) is 30.3 Å². The van der Waals surface area contributed by atoms with Crippen LogP contribution in [0.25, 0.3) is 0 Å². The molecule has 2 aromatic carbocycles. The Bertz CT molecular complexity index is 675. The molecule has 0 saturated carbocycles. The van der Waals surface area contributed by atoms with Crippen LogP contribution in [0.3, 0.4) is 0 Å². The molecule has 3 rings (SSSR count). The van der Waals surface area contributed by atoms with E-state index in [1.54, 1.807) is 7.11 Å². The molecule has 0 radical (unpaired) electrons. The maximum absolute atomic E-state index is 12.0. The summed E-state index contributed by atoms with van der Waals surface area (Å²) in [7, 11) is 1.56. The Balaban J connectivity index is 1.47. The highest BCUT2D eigenvalue weighted by molar-refractivity contribution is 5.95. The number of hydrogen-bond acceptors (Lipinski definition) is 5. The fraction of sp³-hybridized carbons (Fsp3) is 0.350. The van der Waals surface area contributed by atoms with Gasteiger partial charge in [0.2, 0.25) is 0 Å². The molecule has 0 unspecified atom stereocenters. The van der Waals surface area contributed by atoms with Crippen molar-refractivity contribution in [2.45, 2.75) is 18.8 Å². The molecule has 5 nitrogen and oxygen atoms in total. The molecule has 0 bridgehead atoms. The van der Waals surface area contributed by atoms with Gasteiger partial charge in [0.1, 0.15) is 5.75 Å². The Hall–Kier alpha value is -2.21. The summed E-state index contributed by atoms with van der Waals surface area (Å²) >= 11 is 0.